The predicted octanol–water partition coefficient (Wildman–Crippen LogP) is 2.63. The minimum Gasteiger partial charge on any atom is -0.465 e. The van der Waals surface area contributed by atoms with E-state index < -0.39 is 0 Å². The standard InChI is InChI=1S/C19H20N2O4S/c1-25-19(24)14-5-2-7-15-13(14)6-3-11-21(15)17(22)9-10-20-18(23)16-8-4-12-26-16/h2,4-5,7-8,12H,3,6,9-11H2,1H3,(H,20,23). The van der Waals surface area contributed by atoms with E-state index in [1.165, 1.54) is 18.4 Å². The fourth-order valence-electron chi connectivity index (χ4n) is 3.10. The third-order valence-electron chi connectivity index (χ3n) is 4.33. The zero-order valence-corrected chi connectivity index (χ0v) is 15.3. The Labute approximate surface area is 155 Å². The first-order chi connectivity index (χ1) is 12.6. The molecule has 2 amide bonds. The van der Waals surface area contributed by atoms with E-state index in [0.29, 0.717) is 17.0 Å². The van der Waals surface area contributed by atoms with Crippen molar-refractivity contribution >= 4 is 34.8 Å². The fourth-order valence-corrected chi connectivity index (χ4v) is 3.74. The molecule has 136 valence electrons. The number of carbonyl (C=O) groups excluding carboxylic acids is 3. The second-order valence-corrected chi connectivity index (χ2v) is 6.87. The summed E-state index contributed by atoms with van der Waals surface area (Å²) in [6.07, 6.45) is 1.73. The number of anilines is 1. The second-order valence-electron chi connectivity index (χ2n) is 5.93. The van der Waals surface area contributed by atoms with Crippen LogP contribution in [0.25, 0.3) is 0 Å². The summed E-state index contributed by atoms with van der Waals surface area (Å²) in [4.78, 5) is 38.9. The van der Waals surface area contributed by atoms with Crippen LogP contribution in [0.2, 0.25) is 0 Å². The Balaban J connectivity index is 1.66. The topological polar surface area (TPSA) is 75.7 Å². The molecule has 3 rings (SSSR count). The summed E-state index contributed by atoms with van der Waals surface area (Å²) >= 11 is 1.36. The number of carbonyl (C=O) groups is 3. The van der Waals surface area contributed by atoms with Crippen molar-refractivity contribution in [1.29, 1.82) is 0 Å². The molecule has 1 N–H and O–H groups in total. The molecule has 0 atom stereocenters. The van der Waals surface area contributed by atoms with Crippen LogP contribution in [0.3, 0.4) is 0 Å². The van der Waals surface area contributed by atoms with E-state index in [1.807, 2.05) is 17.5 Å². The minimum atomic E-state index is -0.389. The molecule has 0 bridgehead atoms. The summed E-state index contributed by atoms with van der Waals surface area (Å²) in [5.41, 5.74) is 2.11. The fraction of sp³-hybridized carbons (Fsp3) is 0.316. The molecule has 0 spiro atoms. The number of hydrogen-bond acceptors (Lipinski definition) is 5. The lowest BCUT2D eigenvalue weighted by Crippen LogP contribution is -2.38. The number of methoxy groups -OCH3 is 1. The second kappa shape index (κ2) is 8.14. The maximum atomic E-state index is 12.6. The number of nitrogens with zero attached hydrogens (tertiary/aromatic N) is 1. The van der Waals surface area contributed by atoms with Gasteiger partial charge < -0.3 is 15.0 Å². The van der Waals surface area contributed by atoms with Crippen molar-refractivity contribution in [2.45, 2.75) is 19.3 Å². The maximum Gasteiger partial charge on any atom is 0.338 e. The normalized spacial score (nSPS) is 13.0. The summed E-state index contributed by atoms with van der Waals surface area (Å²) < 4.78 is 4.84. The third-order valence-corrected chi connectivity index (χ3v) is 5.19. The Hall–Kier alpha value is -2.67. The number of benzene rings is 1. The van der Waals surface area contributed by atoms with Gasteiger partial charge in [-0.2, -0.15) is 0 Å². The highest BCUT2D eigenvalue weighted by Gasteiger charge is 2.26. The Morgan fingerprint density at radius 3 is 2.81 bits per heavy atom. The molecular weight excluding hydrogens is 352 g/mol. The van der Waals surface area contributed by atoms with Crippen LogP contribution in [-0.2, 0) is 16.0 Å². The first kappa shape index (κ1) is 18.1. The molecule has 1 aromatic carbocycles. The molecule has 0 radical (unpaired) electrons. The van der Waals surface area contributed by atoms with Gasteiger partial charge in [0.25, 0.3) is 5.91 Å². The summed E-state index contributed by atoms with van der Waals surface area (Å²) in [5, 5.41) is 4.60. The van der Waals surface area contributed by atoms with Crippen molar-refractivity contribution < 1.29 is 19.1 Å². The summed E-state index contributed by atoms with van der Waals surface area (Å²) in [6, 6.07) is 8.89. The van der Waals surface area contributed by atoms with Gasteiger partial charge in [0.1, 0.15) is 0 Å². The average Bonchev–Trinajstić information content (AvgIpc) is 3.21. The van der Waals surface area contributed by atoms with Crippen LogP contribution < -0.4 is 10.2 Å². The van der Waals surface area contributed by atoms with E-state index in [4.69, 9.17) is 4.74 Å². The highest BCUT2D eigenvalue weighted by Crippen LogP contribution is 2.30. The van der Waals surface area contributed by atoms with Crippen molar-refractivity contribution in [3.05, 3.63) is 51.7 Å². The molecule has 0 aliphatic carbocycles. The first-order valence-electron chi connectivity index (χ1n) is 8.44. The van der Waals surface area contributed by atoms with Crippen LogP contribution in [0.15, 0.2) is 35.7 Å². The Morgan fingerprint density at radius 2 is 2.08 bits per heavy atom. The third kappa shape index (κ3) is 3.77. The van der Waals surface area contributed by atoms with E-state index in [0.717, 1.165) is 24.1 Å². The van der Waals surface area contributed by atoms with E-state index in [9.17, 15) is 14.4 Å². The number of amides is 2. The van der Waals surface area contributed by atoms with Gasteiger partial charge in [-0.25, -0.2) is 4.79 Å². The van der Waals surface area contributed by atoms with E-state index in [1.54, 1.807) is 23.1 Å². The van der Waals surface area contributed by atoms with Gasteiger partial charge in [-0.1, -0.05) is 12.1 Å². The lowest BCUT2D eigenvalue weighted by atomic mass is 9.96. The number of fused-ring (bicyclic) bond motifs is 1. The lowest BCUT2D eigenvalue weighted by Gasteiger charge is -2.30. The highest BCUT2D eigenvalue weighted by atomic mass is 32.1. The minimum absolute atomic E-state index is 0.0700. The number of thiophene rings is 1. The van der Waals surface area contributed by atoms with Crippen molar-refractivity contribution in [2.75, 3.05) is 25.1 Å². The quantitative estimate of drug-likeness (QED) is 0.819. The van der Waals surface area contributed by atoms with Crippen molar-refractivity contribution in [1.82, 2.24) is 5.32 Å². The van der Waals surface area contributed by atoms with Gasteiger partial charge in [0.05, 0.1) is 17.6 Å². The first-order valence-corrected chi connectivity index (χ1v) is 9.32. The van der Waals surface area contributed by atoms with Crippen LogP contribution in [0.4, 0.5) is 5.69 Å². The Morgan fingerprint density at radius 1 is 1.23 bits per heavy atom. The maximum absolute atomic E-state index is 12.6. The van der Waals surface area contributed by atoms with E-state index in [-0.39, 0.29) is 30.7 Å². The van der Waals surface area contributed by atoms with Crippen LogP contribution in [0.5, 0.6) is 0 Å². The van der Waals surface area contributed by atoms with Gasteiger partial charge in [0.15, 0.2) is 0 Å². The zero-order chi connectivity index (χ0) is 18.5. The molecular formula is C19H20N2O4S. The molecule has 0 fully saturated rings. The molecule has 1 aromatic heterocycles. The molecule has 0 saturated heterocycles. The van der Waals surface area contributed by atoms with Crippen LogP contribution in [0, 0.1) is 0 Å². The Kier molecular flexibility index (Phi) is 5.68. The van der Waals surface area contributed by atoms with Crippen molar-refractivity contribution in [2.24, 2.45) is 0 Å². The van der Waals surface area contributed by atoms with Gasteiger partial charge in [-0.05, 0) is 42.0 Å². The number of ether oxygens (including phenoxy) is 1. The molecule has 0 unspecified atom stereocenters. The van der Waals surface area contributed by atoms with Crippen LogP contribution >= 0.6 is 11.3 Å². The SMILES string of the molecule is COC(=O)c1cccc2c1CCCN2C(=O)CCNC(=O)c1cccs1. The summed E-state index contributed by atoms with van der Waals surface area (Å²) in [5.74, 6) is -0.626. The molecule has 0 saturated carbocycles. The molecule has 1 aliphatic heterocycles. The summed E-state index contributed by atoms with van der Waals surface area (Å²) in [7, 11) is 1.35. The van der Waals surface area contributed by atoms with Gasteiger partial charge in [0, 0.05) is 25.2 Å². The van der Waals surface area contributed by atoms with Gasteiger partial charge in [-0.3, -0.25) is 9.59 Å². The monoisotopic (exact) mass is 372 g/mol. The van der Waals surface area contributed by atoms with Crippen LogP contribution in [-0.4, -0.2) is 38.0 Å². The molecule has 2 aromatic rings. The highest BCUT2D eigenvalue weighted by molar-refractivity contribution is 7.12. The number of hydrogen-bond donors (Lipinski definition) is 1. The average molecular weight is 372 g/mol. The summed E-state index contributed by atoms with van der Waals surface area (Å²) in [6.45, 7) is 0.882. The lowest BCUT2D eigenvalue weighted by molar-refractivity contribution is -0.118. The van der Waals surface area contributed by atoms with E-state index >= 15 is 0 Å². The van der Waals surface area contributed by atoms with Crippen molar-refractivity contribution in [3.8, 4) is 0 Å². The van der Waals surface area contributed by atoms with Crippen molar-refractivity contribution in [3.63, 3.8) is 0 Å². The van der Waals surface area contributed by atoms with Gasteiger partial charge in [0.2, 0.25) is 5.91 Å². The molecule has 26 heavy (non-hydrogen) atoms. The molecule has 2 heterocycles. The number of esters is 1. The number of nitrogens with one attached hydrogen (secondary N) is 1. The van der Waals surface area contributed by atoms with Gasteiger partial charge in [-0.15, -0.1) is 11.3 Å². The largest absolute Gasteiger partial charge is 0.465 e. The molecule has 7 heteroatoms. The van der Waals surface area contributed by atoms with Gasteiger partial charge >= 0.3 is 5.97 Å². The van der Waals surface area contributed by atoms with E-state index in [2.05, 4.69) is 5.32 Å². The molecule has 6 nitrogen and oxygen atoms in total. The smallest absolute Gasteiger partial charge is 0.338 e. The van der Waals surface area contributed by atoms with Crippen LogP contribution in [0.1, 0.15) is 38.4 Å². The molecule has 1 aliphatic rings. The zero-order valence-electron chi connectivity index (χ0n) is 14.5. The Bertz CT molecular complexity index is 817. The predicted molar refractivity (Wildman–Crippen MR) is 99.7 cm³/mol. The number of rotatable bonds is 5.